The Labute approximate surface area is 139 Å². The van der Waals surface area contributed by atoms with Crippen LogP contribution in [-0.2, 0) is 16.1 Å². The number of carbonyl (C=O) groups is 2. The second-order valence-corrected chi connectivity index (χ2v) is 6.05. The molecule has 0 aromatic heterocycles. The number of benzene rings is 2. The van der Waals surface area contributed by atoms with Crippen molar-refractivity contribution < 1.29 is 19.1 Å². The van der Waals surface area contributed by atoms with Gasteiger partial charge < -0.3 is 9.47 Å². The van der Waals surface area contributed by atoms with Crippen molar-refractivity contribution in [1.82, 2.24) is 0 Å². The molecule has 0 unspecified atom stereocenters. The van der Waals surface area contributed by atoms with Crippen LogP contribution in [-0.4, -0.2) is 17.7 Å². The molecule has 1 atom stereocenters. The number of hydrogen-bond acceptors (Lipinski definition) is 4. The lowest BCUT2D eigenvalue weighted by Gasteiger charge is -2.19. The number of rotatable bonds is 3. The van der Waals surface area contributed by atoms with E-state index in [9.17, 15) is 9.59 Å². The SMILES string of the molecule is C[C@H]1CC2=C(O1)c1cccc(OCc3ccccc3)c1C(=O)C2=O. The Bertz CT molecular complexity index is 864. The number of ketones is 2. The van der Waals surface area contributed by atoms with Crippen LogP contribution >= 0.6 is 0 Å². The Hall–Kier alpha value is -2.88. The normalized spacial score (nSPS) is 19.0. The van der Waals surface area contributed by atoms with Gasteiger partial charge in [0.05, 0.1) is 5.56 Å². The lowest BCUT2D eigenvalue weighted by atomic mass is 9.87. The zero-order valence-electron chi connectivity index (χ0n) is 13.2. The number of hydrogen-bond donors (Lipinski definition) is 0. The van der Waals surface area contributed by atoms with Gasteiger partial charge in [-0.1, -0.05) is 42.5 Å². The Morgan fingerprint density at radius 2 is 1.83 bits per heavy atom. The van der Waals surface area contributed by atoms with E-state index in [2.05, 4.69) is 0 Å². The Balaban J connectivity index is 1.72. The summed E-state index contributed by atoms with van der Waals surface area (Å²) < 4.78 is 11.6. The maximum absolute atomic E-state index is 12.6. The molecular formula is C20H16O4. The van der Waals surface area contributed by atoms with Crippen LogP contribution in [0.1, 0.15) is 34.8 Å². The van der Waals surface area contributed by atoms with Gasteiger partial charge in [-0.25, -0.2) is 0 Å². The maximum atomic E-state index is 12.6. The van der Waals surface area contributed by atoms with E-state index in [1.807, 2.05) is 49.4 Å². The summed E-state index contributed by atoms with van der Waals surface area (Å²) >= 11 is 0. The van der Waals surface area contributed by atoms with E-state index >= 15 is 0 Å². The summed E-state index contributed by atoms with van der Waals surface area (Å²) in [4.78, 5) is 25.0. The number of fused-ring (bicyclic) bond motifs is 2. The minimum Gasteiger partial charge on any atom is -0.489 e. The zero-order chi connectivity index (χ0) is 16.7. The molecule has 0 saturated carbocycles. The molecule has 0 saturated heterocycles. The highest BCUT2D eigenvalue weighted by atomic mass is 16.5. The molecule has 2 aromatic carbocycles. The lowest BCUT2D eigenvalue weighted by molar-refractivity contribution is -0.112. The standard InChI is InChI=1S/C20H16O4/c1-12-10-15-18(21)19(22)17-14(20(15)24-12)8-5-9-16(17)23-11-13-6-3-2-4-7-13/h2-9,12H,10-11H2,1H3/t12-/m0/s1. The van der Waals surface area contributed by atoms with Gasteiger partial charge in [0.2, 0.25) is 11.6 Å². The molecule has 2 aliphatic rings. The molecule has 1 aliphatic heterocycles. The molecular weight excluding hydrogens is 304 g/mol. The van der Waals surface area contributed by atoms with Crippen LogP contribution in [0.15, 0.2) is 54.1 Å². The minimum absolute atomic E-state index is 0.0911. The van der Waals surface area contributed by atoms with Gasteiger partial charge in [0, 0.05) is 17.6 Å². The fraction of sp³-hybridized carbons (Fsp3) is 0.200. The number of Topliss-reactive ketones (excluding diaryl/α,β-unsaturated/α-hetero) is 2. The molecule has 4 heteroatoms. The van der Waals surface area contributed by atoms with Gasteiger partial charge >= 0.3 is 0 Å². The summed E-state index contributed by atoms with van der Waals surface area (Å²) in [5, 5.41) is 0. The van der Waals surface area contributed by atoms with Crippen molar-refractivity contribution in [1.29, 1.82) is 0 Å². The first kappa shape index (κ1) is 14.7. The van der Waals surface area contributed by atoms with Gasteiger partial charge in [-0.05, 0) is 18.6 Å². The van der Waals surface area contributed by atoms with E-state index in [1.54, 1.807) is 6.07 Å². The number of ether oxygens (including phenoxy) is 2. The second kappa shape index (κ2) is 5.64. The van der Waals surface area contributed by atoms with Crippen LogP contribution in [0.2, 0.25) is 0 Å². The third kappa shape index (κ3) is 2.31. The third-order valence-corrected chi connectivity index (χ3v) is 4.30. The molecule has 4 nitrogen and oxygen atoms in total. The molecule has 2 aromatic rings. The van der Waals surface area contributed by atoms with Crippen LogP contribution < -0.4 is 4.74 Å². The van der Waals surface area contributed by atoms with Crippen LogP contribution in [0, 0.1) is 0 Å². The summed E-state index contributed by atoms with van der Waals surface area (Å²) in [7, 11) is 0. The molecule has 0 spiro atoms. The molecule has 0 bridgehead atoms. The third-order valence-electron chi connectivity index (χ3n) is 4.30. The Kier molecular flexibility index (Phi) is 3.45. The first-order valence-corrected chi connectivity index (χ1v) is 7.94. The summed E-state index contributed by atoms with van der Waals surface area (Å²) in [5.74, 6) is -0.0283. The van der Waals surface area contributed by atoms with Gasteiger partial charge in [-0.2, -0.15) is 0 Å². The van der Waals surface area contributed by atoms with Crippen LogP contribution in [0.5, 0.6) is 5.75 Å². The van der Waals surface area contributed by atoms with E-state index in [0.29, 0.717) is 41.2 Å². The predicted octanol–water partition coefficient (Wildman–Crippen LogP) is 3.55. The number of carbonyl (C=O) groups excluding carboxylic acids is 2. The van der Waals surface area contributed by atoms with E-state index in [-0.39, 0.29) is 6.10 Å². The van der Waals surface area contributed by atoms with Crippen molar-refractivity contribution in [3.8, 4) is 5.75 Å². The molecule has 0 amide bonds. The quantitative estimate of drug-likeness (QED) is 0.812. The predicted molar refractivity (Wildman–Crippen MR) is 88.6 cm³/mol. The van der Waals surface area contributed by atoms with Gasteiger partial charge in [0.15, 0.2) is 0 Å². The fourth-order valence-electron chi connectivity index (χ4n) is 3.18. The smallest absolute Gasteiger partial charge is 0.237 e. The molecule has 1 aliphatic carbocycles. The zero-order valence-corrected chi connectivity index (χ0v) is 13.2. The molecule has 24 heavy (non-hydrogen) atoms. The van der Waals surface area contributed by atoms with Gasteiger partial charge in [-0.15, -0.1) is 0 Å². The summed E-state index contributed by atoms with van der Waals surface area (Å²) in [5.41, 5.74) is 2.45. The van der Waals surface area contributed by atoms with Crippen molar-refractivity contribution in [3.63, 3.8) is 0 Å². The van der Waals surface area contributed by atoms with E-state index in [4.69, 9.17) is 9.47 Å². The highest BCUT2D eigenvalue weighted by molar-refractivity contribution is 6.52. The lowest BCUT2D eigenvalue weighted by Crippen LogP contribution is -2.23. The Morgan fingerprint density at radius 1 is 1.04 bits per heavy atom. The first-order chi connectivity index (χ1) is 11.6. The van der Waals surface area contributed by atoms with Crippen LogP contribution in [0.4, 0.5) is 0 Å². The maximum Gasteiger partial charge on any atom is 0.237 e. The molecule has 0 fully saturated rings. The van der Waals surface area contributed by atoms with E-state index < -0.39 is 11.6 Å². The average molecular weight is 320 g/mol. The summed E-state index contributed by atoms with van der Waals surface area (Å²) in [6.07, 6.45) is 0.389. The van der Waals surface area contributed by atoms with Crippen molar-refractivity contribution in [3.05, 3.63) is 70.8 Å². The minimum atomic E-state index is -0.509. The van der Waals surface area contributed by atoms with Crippen LogP contribution in [0.25, 0.3) is 5.76 Å². The van der Waals surface area contributed by atoms with Crippen molar-refractivity contribution in [2.75, 3.05) is 0 Å². The Morgan fingerprint density at radius 3 is 2.62 bits per heavy atom. The molecule has 1 heterocycles. The van der Waals surface area contributed by atoms with Gasteiger partial charge in [-0.3, -0.25) is 9.59 Å². The highest BCUT2D eigenvalue weighted by Gasteiger charge is 2.40. The fourth-order valence-corrected chi connectivity index (χ4v) is 3.18. The van der Waals surface area contributed by atoms with Crippen molar-refractivity contribution in [2.45, 2.75) is 26.1 Å². The van der Waals surface area contributed by atoms with Gasteiger partial charge in [0.1, 0.15) is 24.2 Å². The average Bonchev–Trinajstić information content (AvgIpc) is 3.00. The molecule has 0 radical (unpaired) electrons. The highest BCUT2D eigenvalue weighted by Crippen LogP contribution is 2.41. The monoisotopic (exact) mass is 320 g/mol. The molecule has 120 valence electrons. The molecule has 0 N–H and O–H groups in total. The van der Waals surface area contributed by atoms with Crippen molar-refractivity contribution >= 4 is 17.3 Å². The van der Waals surface area contributed by atoms with E-state index in [1.165, 1.54) is 0 Å². The molecule has 4 rings (SSSR count). The largest absolute Gasteiger partial charge is 0.489 e. The summed E-state index contributed by atoms with van der Waals surface area (Å²) in [6, 6.07) is 15.0. The van der Waals surface area contributed by atoms with Crippen LogP contribution in [0.3, 0.4) is 0 Å². The topological polar surface area (TPSA) is 52.6 Å². The van der Waals surface area contributed by atoms with Gasteiger partial charge in [0.25, 0.3) is 0 Å². The van der Waals surface area contributed by atoms with E-state index in [0.717, 1.165) is 5.56 Å². The second-order valence-electron chi connectivity index (χ2n) is 6.05. The summed E-state index contributed by atoms with van der Waals surface area (Å²) in [6.45, 7) is 2.23. The first-order valence-electron chi connectivity index (χ1n) is 7.94. The van der Waals surface area contributed by atoms with Crippen molar-refractivity contribution in [2.24, 2.45) is 0 Å².